The highest BCUT2D eigenvalue weighted by Crippen LogP contribution is 2.32. The molecule has 3 fully saturated rings. The van der Waals surface area contributed by atoms with Gasteiger partial charge in [0.2, 0.25) is 5.91 Å². The fraction of sp³-hybridized carbons (Fsp3) is 0.840. The molecule has 0 aromatic heterocycles. The molecule has 234 valence electrons. The number of fused-ring (bicyclic) bond motifs is 2. The third-order valence-corrected chi connectivity index (χ3v) is 7.68. The van der Waals surface area contributed by atoms with Crippen LogP contribution in [-0.4, -0.2) is 118 Å². The van der Waals surface area contributed by atoms with Gasteiger partial charge in [-0.05, 0) is 60.3 Å². The molecule has 4 amide bonds. The highest BCUT2D eigenvalue weighted by Gasteiger charge is 2.50. The van der Waals surface area contributed by atoms with Gasteiger partial charge in [-0.3, -0.25) is 9.59 Å². The van der Waals surface area contributed by atoms with Crippen molar-refractivity contribution in [2.24, 2.45) is 5.41 Å². The Morgan fingerprint density at radius 2 is 1.66 bits per heavy atom. The van der Waals surface area contributed by atoms with Crippen LogP contribution in [0.2, 0.25) is 0 Å². The number of piperidine rings is 2. The van der Waals surface area contributed by atoms with E-state index in [4.69, 9.17) is 22.7 Å². The molecule has 41 heavy (non-hydrogen) atoms. The number of urea groups is 1. The average Bonchev–Trinajstić information content (AvgIpc) is 3.11. The van der Waals surface area contributed by atoms with Crippen molar-refractivity contribution in [2.45, 2.75) is 84.0 Å². The number of methoxy groups -OCH3 is 1. The summed E-state index contributed by atoms with van der Waals surface area (Å²) in [4.78, 5) is 53.5. The molecule has 1 N–H and O–H groups in total. The number of nitrogens with zero attached hydrogens (tertiary/aromatic N) is 3. The van der Waals surface area contributed by atoms with E-state index in [-0.39, 0.29) is 31.7 Å². The van der Waals surface area contributed by atoms with Gasteiger partial charge in [0, 0.05) is 32.8 Å². The minimum absolute atomic E-state index is 0.00181. The van der Waals surface area contributed by atoms with Crippen LogP contribution in [0.15, 0.2) is 0 Å². The summed E-state index contributed by atoms with van der Waals surface area (Å²) in [6.45, 7) is 8.87. The number of rotatable bonds is 11. The summed E-state index contributed by atoms with van der Waals surface area (Å²) in [7, 11) is -3.26. The van der Waals surface area contributed by atoms with Crippen molar-refractivity contribution in [2.75, 3.05) is 46.6 Å². The number of hydroxylamine groups is 2. The number of hydrogen-bond donors (Lipinski definition) is 1. The number of amides is 4. The van der Waals surface area contributed by atoms with E-state index >= 15 is 0 Å². The molecule has 0 radical (unpaired) electrons. The van der Waals surface area contributed by atoms with E-state index in [2.05, 4.69) is 5.32 Å². The van der Waals surface area contributed by atoms with E-state index in [0.29, 0.717) is 43.8 Å². The summed E-state index contributed by atoms with van der Waals surface area (Å²) in [5.41, 5.74) is -1.91. The zero-order chi connectivity index (χ0) is 30.6. The fourth-order valence-electron chi connectivity index (χ4n) is 4.64. The predicted molar refractivity (Wildman–Crippen MR) is 142 cm³/mol. The first kappa shape index (κ1) is 32.8. The minimum atomic E-state index is -4.71. The predicted octanol–water partition coefficient (Wildman–Crippen LogP) is 1.18. The molecule has 0 saturated carbocycles. The number of esters is 1. The molecular weight excluding hydrogens is 564 g/mol. The average molecular weight is 607 g/mol. The maximum atomic E-state index is 13.1. The van der Waals surface area contributed by atoms with Gasteiger partial charge >= 0.3 is 28.5 Å². The Morgan fingerprint density at radius 3 is 2.27 bits per heavy atom. The van der Waals surface area contributed by atoms with Gasteiger partial charge in [-0.25, -0.2) is 13.8 Å². The molecule has 2 atom stereocenters. The lowest BCUT2D eigenvalue weighted by Crippen LogP contribution is -2.54. The molecule has 0 aromatic rings. The van der Waals surface area contributed by atoms with Crippen molar-refractivity contribution in [3.63, 3.8) is 0 Å². The second-order valence-electron chi connectivity index (χ2n) is 12.0. The SMILES string of the molecule is COCCOC(=O)C(C)(C)COS(=O)(=O)ON1C(=O)N2CC1CC[C@H]2C(=O)NC1CCN(C(=O)OC(C)(C)C)CC1. The van der Waals surface area contributed by atoms with Crippen LogP contribution in [-0.2, 0) is 42.7 Å². The highest BCUT2D eigenvalue weighted by molar-refractivity contribution is 7.81. The van der Waals surface area contributed by atoms with E-state index < -0.39 is 58.2 Å². The quantitative estimate of drug-likeness (QED) is 0.265. The number of likely N-dealkylation sites (tertiary alicyclic amines) is 1. The number of carbonyl (C=O) groups excluding carboxylic acids is 4. The maximum absolute atomic E-state index is 13.1. The zero-order valence-electron chi connectivity index (χ0n) is 24.5. The first-order valence-corrected chi connectivity index (χ1v) is 15.0. The molecule has 0 aromatic carbocycles. The Morgan fingerprint density at radius 1 is 1.00 bits per heavy atom. The second kappa shape index (κ2) is 13.1. The molecule has 2 bridgehead atoms. The third-order valence-electron chi connectivity index (χ3n) is 6.93. The van der Waals surface area contributed by atoms with Crippen LogP contribution in [0.25, 0.3) is 0 Å². The standard InChI is InChI=1S/C25H42N4O11S/c1-24(2,3)39-23(33)27-11-9-17(10-12-27)26-20(30)19-8-7-18-15-28(19)22(32)29(18)40-41(34,35)38-16-25(4,5)21(31)37-14-13-36-6/h17-19H,7-16H2,1-6H3,(H,26,30)/t18?,19-/m0/s1. The van der Waals surface area contributed by atoms with Crippen molar-refractivity contribution >= 4 is 34.4 Å². The van der Waals surface area contributed by atoms with E-state index in [1.807, 2.05) is 0 Å². The Labute approximate surface area is 241 Å². The molecule has 15 nitrogen and oxygen atoms in total. The van der Waals surface area contributed by atoms with Gasteiger partial charge in [0.15, 0.2) is 0 Å². The smallest absolute Gasteiger partial charge is 0.421 e. The number of hydrogen-bond acceptors (Lipinski definition) is 11. The van der Waals surface area contributed by atoms with Gasteiger partial charge in [-0.1, -0.05) is 0 Å². The third kappa shape index (κ3) is 8.90. The molecule has 3 aliphatic heterocycles. The van der Waals surface area contributed by atoms with Crippen LogP contribution in [0.5, 0.6) is 0 Å². The summed E-state index contributed by atoms with van der Waals surface area (Å²) in [6, 6.07) is -2.32. The maximum Gasteiger partial charge on any atom is 0.421 e. The molecule has 0 aliphatic carbocycles. The summed E-state index contributed by atoms with van der Waals surface area (Å²) in [5, 5.41) is 3.68. The van der Waals surface area contributed by atoms with Crippen molar-refractivity contribution in [3.8, 4) is 0 Å². The van der Waals surface area contributed by atoms with Crippen LogP contribution in [0.1, 0.15) is 60.3 Å². The second-order valence-corrected chi connectivity index (χ2v) is 13.2. The van der Waals surface area contributed by atoms with Crippen molar-refractivity contribution < 1.29 is 50.3 Å². The topological polar surface area (TPSA) is 170 Å². The van der Waals surface area contributed by atoms with Gasteiger partial charge in [0.05, 0.1) is 24.7 Å². The summed E-state index contributed by atoms with van der Waals surface area (Å²) in [5.74, 6) is -1.03. The van der Waals surface area contributed by atoms with Crippen molar-refractivity contribution in [1.82, 2.24) is 20.2 Å². The molecule has 3 rings (SSSR count). The number of ether oxygens (including phenoxy) is 3. The zero-order valence-corrected chi connectivity index (χ0v) is 25.4. The Bertz CT molecular complexity index is 1080. The highest BCUT2D eigenvalue weighted by atomic mass is 32.3. The van der Waals surface area contributed by atoms with Crippen LogP contribution < -0.4 is 5.32 Å². The molecule has 1 unspecified atom stereocenters. The van der Waals surface area contributed by atoms with Crippen molar-refractivity contribution in [3.05, 3.63) is 0 Å². The van der Waals surface area contributed by atoms with Crippen LogP contribution in [0, 0.1) is 5.41 Å². The van der Waals surface area contributed by atoms with Crippen LogP contribution in [0.4, 0.5) is 9.59 Å². The summed E-state index contributed by atoms with van der Waals surface area (Å²) >= 11 is 0. The minimum Gasteiger partial charge on any atom is -0.463 e. The Balaban J connectivity index is 1.50. The lowest BCUT2D eigenvalue weighted by atomic mass is 9.95. The molecular formula is C25H42N4O11S. The molecule has 0 spiro atoms. The van der Waals surface area contributed by atoms with Crippen molar-refractivity contribution in [1.29, 1.82) is 0 Å². The number of nitrogens with one attached hydrogen (secondary N) is 1. The molecule has 3 heterocycles. The van der Waals surface area contributed by atoms with E-state index in [0.717, 1.165) is 0 Å². The first-order chi connectivity index (χ1) is 19.0. The monoisotopic (exact) mass is 606 g/mol. The van der Waals surface area contributed by atoms with Gasteiger partial charge in [0.1, 0.15) is 18.2 Å². The molecule has 3 saturated heterocycles. The van der Waals surface area contributed by atoms with E-state index in [9.17, 15) is 27.6 Å². The molecule has 3 aliphatic rings. The van der Waals surface area contributed by atoms with E-state index in [1.54, 1.807) is 25.7 Å². The Kier molecular flexibility index (Phi) is 10.5. The van der Waals surface area contributed by atoms with E-state index in [1.165, 1.54) is 25.9 Å². The number of carbonyl (C=O) groups is 4. The lowest BCUT2D eigenvalue weighted by Gasteiger charge is -2.35. The lowest BCUT2D eigenvalue weighted by molar-refractivity contribution is -0.157. The van der Waals surface area contributed by atoms with Gasteiger partial charge < -0.3 is 29.3 Å². The normalized spacial score (nSPS) is 22.1. The summed E-state index contributed by atoms with van der Waals surface area (Å²) in [6.07, 6.45) is 1.34. The first-order valence-electron chi connectivity index (χ1n) is 13.7. The Hall–Kier alpha value is -2.69. The fourth-order valence-corrected chi connectivity index (χ4v) is 5.51. The van der Waals surface area contributed by atoms with Crippen LogP contribution >= 0.6 is 0 Å². The van der Waals surface area contributed by atoms with Gasteiger partial charge in [-0.15, -0.1) is 4.28 Å². The van der Waals surface area contributed by atoms with Gasteiger partial charge in [-0.2, -0.15) is 13.5 Å². The van der Waals surface area contributed by atoms with Gasteiger partial charge in [0.25, 0.3) is 0 Å². The molecule has 16 heteroatoms. The summed E-state index contributed by atoms with van der Waals surface area (Å²) < 4.78 is 50.2. The largest absolute Gasteiger partial charge is 0.463 e. The van der Waals surface area contributed by atoms with Crippen LogP contribution in [0.3, 0.4) is 0 Å².